The monoisotopic (exact) mass is 215 g/mol. The van der Waals surface area contributed by atoms with E-state index in [4.69, 9.17) is 11.5 Å². The molecule has 0 aliphatic rings. The van der Waals surface area contributed by atoms with Crippen molar-refractivity contribution in [2.75, 3.05) is 26.2 Å². The zero-order valence-corrected chi connectivity index (χ0v) is 10.0. The van der Waals surface area contributed by atoms with Crippen molar-refractivity contribution in [3.8, 4) is 0 Å². The highest BCUT2D eigenvalue weighted by atomic mass is 16.2. The minimum absolute atomic E-state index is 0.112. The van der Waals surface area contributed by atoms with Crippen molar-refractivity contribution >= 4 is 5.91 Å². The van der Waals surface area contributed by atoms with E-state index in [2.05, 4.69) is 0 Å². The lowest BCUT2D eigenvalue weighted by Crippen LogP contribution is -2.38. The van der Waals surface area contributed by atoms with Crippen LogP contribution in [-0.2, 0) is 4.79 Å². The van der Waals surface area contributed by atoms with Crippen LogP contribution in [0.15, 0.2) is 0 Å². The summed E-state index contributed by atoms with van der Waals surface area (Å²) in [7, 11) is 0. The second-order valence-corrected chi connectivity index (χ2v) is 3.92. The summed E-state index contributed by atoms with van der Waals surface area (Å²) in [5.41, 5.74) is 10.9. The van der Waals surface area contributed by atoms with Crippen LogP contribution < -0.4 is 11.5 Å². The van der Waals surface area contributed by atoms with Crippen LogP contribution in [0.5, 0.6) is 0 Å². The summed E-state index contributed by atoms with van der Waals surface area (Å²) in [5, 5.41) is 0. The number of hydrogen-bond donors (Lipinski definition) is 2. The largest absolute Gasteiger partial charge is 0.342 e. The number of nitrogens with zero attached hydrogens (tertiary/aromatic N) is 1. The highest BCUT2D eigenvalue weighted by Gasteiger charge is 2.17. The van der Waals surface area contributed by atoms with Crippen LogP contribution in [0.1, 0.15) is 33.1 Å². The van der Waals surface area contributed by atoms with Gasteiger partial charge in [0.15, 0.2) is 0 Å². The van der Waals surface area contributed by atoms with Gasteiger partial charge < -0.3 is 16.4 Å². The van der Waals surface area contributed by atoms with Gasteiger partial charge in [-0.3, -0.25) is 4.79 Å². The molecule has 4 heteroatoms. The van der Waals surface area contributed by atoms with Gasteiger partial charge in [0.1, 0.15) is 0 Å². The lowest BCUT2D eigenvalue weighted by Gasteiger charge is -2.25. The zero-order valence-electron chi connectivity index (χ0n) is 10.0. The third-order valence-corrected chi connectivity index (χ3v) is 2.61. The topological polar surface area (TPSA) is 72.3 Å². The van der Waals surface area contributed by atoms with Crippen molar-refractivity contribution in [3.05, 3.63) is 0 Å². The number of carbonyl (C=O) groups excluding carboxylic acids is 1. The summed E-state index contributed by atoms with van der Waals surface area (Å²) in [4.78, 5) is 13.8. The Morgan fingerprint density at radius 1 is 1.20 bits per heavy atom. The highest BCUT2D eigenvalue weighted by molar-refractivity contribution is 5.78. The summed E-state index contributed by atoms with van der Waals surface area (Å²) in [6, 6.07) is 0. The molecule has 15 heavy (non-hydrogen) atoms. The van der Waals surface area contributed by atoms with Gasteiger partial charge >= 0.3 is 0 Å². The second-order valence-electron chi connectivity index (χ2n) is 3.92. The lowest BCUT2D eigenvalue weighted by atomic mass is 10.1. The van der Waals surface area contributed by atoms with E-state index in [0.29, 0.717) is 13.1 Å². The summed E-state index contributed by atoms with van der Waals surface area (Å²) in [6.45, 7) is 6.80. The molecule has 0 radical (unpaired) electrons. The fraction of sp³-hybridized carbons (Fsp3) is 0.909. The smallest absolute Gasteiger partial charge is 0.225 e. The molecule has 0 bridgehead atoms. The molecule has 0 aliphatic carbocycles. The number of carbonyl (C=O) groups is 1. The molecule has 0 rings (SSSR count). The van der Waals surface area contributed by atoms with Crippen molar-refractivity contribution in [3.63, 3.8) is 0 Å². The van der Waals surface area contributed by atoms with E-state index in [-0.39, 0.29) is 11.8 Å². The van der Waals surface area contributed by atoms with Gasteiger partial charge in [-0.25, -0.2) is 0 Å². The van der Waals surface area contributed by atoms with Gasteiger partial charge in [0.05, 0.1) is 0 Å². The highest BCUT2D eigenvalue weighted by Crippen LogP contribution is 2.07. The first-order valence-corrected chi connectivity index (χ1v) is 5.86. The van der Waals surface area contributed by atoms with Crippen LogP contribution in [0.3, 0.4) is 0 Å². The summed E-state index contributed by atoms with van der Waals surface area (Å²) in [5.74, 6) is 0.347. The minimum Gasteiger partial charge on any atom is -0.342 e. The van der Waals surface area contributed by atoms with Crippen LogP contribution >= 0.6 is 0 Å². The molecule has 0 aromatic heterocycles. The summed E-state index contributed by atoms with van der Waals surface area (Å²) >= 11 is 0. The quantitative estimate of drug-likeness (QED) is 0.621. The third kappa shape index (κ3) is 5.74. The molecule has 4 nitrogen and oxygen atoms in total. The van der Waals surface area contributed by atoms with Gasteiger partial charge in [0.2, 0.25) is 5.91 Å². The molecule has 4 N–H and O–H groups in total. The van der Waals surface area contributed by atoms with Gasteiger partial charge in [0, 0.05) is 19.0 Å². The Hall–Kier alpha value is -0.610. The minimum atomic E-state index is 0.112. The number of hydrogen-bond acceptors (Lipinski definition) is 3. The van der Waals surface area contributed by atoms with Gasteiger partial charge in [0.25, 0.3) is 0 Å². The first kappa shape index (κ1) is 14.4. The van der Waals surface area contributed by atoms with Gasteiger partial charge in [-0.05, 0) is 32.4 Å². The Labute approximate surface area is 93.0 Å². The van der Waals surface area contributed by atoms with Crippen LogP contribution in [0.4, 0.5) is 0 Å². The molecule has 0 heterocycles. The maximum Gasteiger partial charge on any atom is 0.225 e. The average Bonchev–Trinajstić information content (AvgIpc) is 2.27. The number of rotatable bonds is 8. The molecule has 90 valence electrons. The van der Waals surface area contributed by atoms with Crippen molar-refractivity contribution < 1.29 is 4.79 Å². The molecule has 1 atom stereocenters. The normalized spacial score (nSPS) is 12.5. The van der Waals surface area contributed by atoms with E-state index in [1.165, 1.54) is 0 Å². The average molecular weight is 215 g/mol. The second kappa shape index (κ2) is 8.68. The Balaban J connectivity index is 4.13. The summed E-state index contributed by atoms with van der Waals surface area (Å²) in [6.07, 6.45) is 2.63. The molecular weight excluding hydrogens is 190 g/mol. The molecule has 1 unspecified atom stereocenters. The van der Waals surface area contributed by atoms with Gasteiger partial charge in [-0.15, -0.1) is 0 Å². The lowest BCUT2D eigenvalue weighted by molar-refractivity contribution is -0.135. The van der Waals surface area contributed by atoms with Crippen molar-refractivity contribution in [2.45, 2.75) is 33.1 Å². The fourth-order valence-electron chi connectivity index (χ4n) is 1.38. The van der Waals surface area contributed by atoms with Crippen LogP contribution in [0.25, 0.3) is 0 Å². The number of nitrogens with two attached hydrogens (primary N) is 2. The Bertz CT molecular complexity index is 165. The Morgan fingerprint density at radius 3 is 2.00 bits per heavy atom. The predicted octanol–water partition coefficient (Wildman–Crippen LogP) is 0.559. The molecule has 0 fully saturated rings. The van der Waals surface area contributed by atoms with Crippen LogP contribution in [0, 0.1) is 5.92 Å². The van der Waals surface area contributed by atoms with Crippen molar-refractivity contribution in [1.29, 1.82) is 0 Å². The Morgan fingerprint density at radius 2 is 1.67 bits per heavy atom. The molecule has 1 amide bonds. The van der Waals surface area contributed by atoms with E-state index in [1.54, 1.807) is 0 Å². The standard InChI is InChI=1S/C11H25N3O/c1-3-10(2)11(15)14(8-4-6-12)9-5-7-13/h10H,3-9,12-13H2,1-2H3. The molecule has 0 aliphatic heterocycles. The van der Waals surface area contributed by atoms with Gasteiger partial charge in [-0.2, -0.15) is 0 Å². The van der Waals surface area contributed by atoms with Gasteiger partial charge in [-0.1, -0.05) is 13.8 Å². The van der Waals surface area contributed by atoms with E-state index in [9.17, 15) is 4.79 Å². The first-order chi connectivity index (χ1) is 7.17. The Kier molecular flexibility index (Phi) is 8.33. The molecular formula is C11H25N3O. The maximum absolute atomic E-state index is 11.9. The molecule has 0 saturated carbocycles. The molecule has 0 saturated heterocycles. The van der Waals surface area contributed by atoms with E-state index in [0.717, 1.165) is 32.4 Å². The SMILES string of the molecule is CCC(C)C(=O)N(CCCN)CCCN. The molecule has 0 spiro atoms. The van der Waals surface area contributed by atoms with Crippen molar-refractivity contribution in [1.82, 2.24) is 4.90 Å². The summed E-state index contributed by atoms with van der Waals surface area (Å²) < 4.78 is 0. The molecule has 0 aromatic rings. The third-order valence-electron chi connectivity index (χ3n) is 2.61. The van der Waals surface area contributed by atoms with Crippen LogP contribution in [-0.4, -0.2) is 37.0 Å². The zero-order chi connectivity index (χ0) is 11.7. The van der Waals surface area contributed by atoms with Crippen LogP contribution in [0.2, 0.25) is 0 Å². The fourth-order valence-corrected chi connectivity index (χ4v) is 1.38. The van der Waals surface area contributed by atoms with E-state index < -0.39 is 0 Å². The first-order valence-electron chi connectivity index (χ1n) is 5.86. The van der Waals surface area contributed by atoms with Crippen molar-refractivity contribution in [2.24, 2.45) is 17.4 Å². The van der Waals surface area contributed by atoms with E-state index >= 15 is 0 Å². The molecule has 0 aromatic carbocycles. The maximum atomic E-state index is 11.9. The number of amides is 1. The van der Waals surface area contributed by atoms with E-state index in [1.807, 2.05) is 18.7 Å². The predicted molar refractivity (Wildman–Crippen MR) is 63.4 cm³/mol.